The molecule has 3 N–H and O–H groups in total. The lowest BCUT2D eigenvalue weighted by Gasteiger charge is -2.23. The van der Waals surface area contributed by atoms with E-state index in [2.05, 4.69) is 19.1 Å². The van der Waals surface area contributed by atoms with Crippen LogP contribution in [0.2, 0.25) is 0 Å². The Morgan fingerprint density at radius 1 is 0.963 bits per heavy atom. The summed E-state index contributed by atoms with van der Waals surface area (Å²) in [6.45, 7) is 2.42. The Morgan fingerprint density at radius 2 is 1.52 bits per heavy atom. The zero-order valence-electron chi connectivity index (χ0n) is 17.2. The van der Waals surface area contributed by atoms with Gasteiger partial charge < -0.3 is 24.8 Å². The van der Waals surface area contributed by atoms with Crippen LogP contribution in [-0.2, 0) is 9.47 Å². The summed E-state index contributed by atoms with van der Waals surface area (Å²) in [5, 5.41) is 28.6. The highest BCUT2D eigenvalue weighted by molar-refractivity contribution is 4.89. The van der Waals surface area contributed by atoms with E-state index in [1.54, 1.807) is 0 Å². The van der Waals surface area contributed by atoms with Gasteiger partial charge in [0.25, 0.3) is 0 Å². The molecular weight excluding hydrogens is 344 g/mol. The Hall–Kier alpha value is -0.460. The van der Waals surface area contributed by atoms with Gasteiger partial charge in [0.2, 0.25) is 0 Å². The molecule has 1 saturated heterocycles. The molecule has 0 unspecified atom stereocenters. The normalized spacial score (nSPS) is 24.1. The zero-order chi connectivity index (χ0) is 19.7. The second-order valence-electron chi connectivity index (χ2n) is 7.70. The summed E-state index contributed by atoms with van der Waals surface area (Å²) in [6, 6.07) is 0. The minimum Gasteiger partial charge on any atom is -0.394 e. The molecule has 160 valence electrons. The molecule has 0 saturated carbocycles. The van der Waals surface area contributed by atoms with E-state index >= 15 is 0 Å². The molecular formula is C22H42O5. The van der Waals surface area contributed by atoms with Crippen molar-refractivity contribution in [3.8, 4) is 0 Å². The van der Waals surface area contributed by atoms with Gasteiger partial charge >= 0.3 is 0 Å². The lowest BCUT2D eigenvalue weighted by atomic mass is 10.0. The van der Waals surface area contributed by atoms with Gasteiger partial charge in [0, 0.05) is 6.61 Å². The largest absolute Gasteiger partial charge is 0.394 e. The number of rotatable bonds is 17. The molecule has 0 spiro atoms. The van der Waals surface area contributed by atoms with E-state index in [9.17, 15) is 10.2 Å². The number of unbranched alkanes of at least 4 members (excludes halogenated alkanes) is 11. The molecule has 0 amide bonds. The van der Waals surface area contributed by atoms with Crippen molar-refractivity contribution < 1.29 is 24.8 Å². The molecule has 27 heavy (non-hydrogen) atoms. The maximum Gasteiger partial charge on any atom is 0.114 e. The summed E-state index contributed by atoms with van der Waals surface area (Å²) < 4.78 is 11.0. The third-order valence-corrected chi connectivity index (χ3v) is 5.29. The molecule has 0 radical (unpaired) electrons. The highest BCUT2D eigenvalue weighted by Gasteiger charge is 2.40. The lowest BCUT2D eigenvalue weighted by Crippen LogP contribution is -2.42. The van der Waals surface area contributed by atoms with Crippen molar-refractivity contribution in [2.24, 2.45) is 0 Å². The summed E-state index contributed by atoms with van der Waals surface area (Å²) >= 11 is 0. The molecule has 5 heteroatoms. The van der Waals surface area contributed by atoms with Crippen molar-refractivity contribution in [3.63, 3.8) is 0 Å². The Balaban J connectivity index is 1.87. The van der Waals surface area contributed by atoms with E-state index in [1.165, 1.54) is 64.2 Å². The average molecular weight is 387 g/mol. The van der Waals surface area contributed by atoms with Crippen LogP contribution >= 0.6 is 0 Å². The molecule has 0 aromatic heterocycles. The number of hydrogen-bond donors (Lipinski definition) is 3. The van der Waals surface area contributed by atoms with Gasteiger partial charge in [0.15, 0.2) is 0 Å². The predicted octanol–water partition coefficient (Wildman–Crippen LogP) is 3.74. The minimum absolute atomic E-state index is 0.155. The molecule has 0 bridgehead atoms. The molecule has 1 heterocycles. The summed E-state index contributed by atoms with van der Waals surface area (Å²) in [4.78, 5) is 0. The summed E-state index contributed by atoms with van der Waals surface area (Å²) in [5.74, 6) is 0. The van der Waals surface area contributed by atoms with Crippen molar-refractivity contribution in [1.82, 2.24) is 0 Å². The van der Waals surface area contributed by atoms with Crippen LogP contribution in [0.3, 0.4) is 0 Å². The van der Waals surface area contributed by atoms with Gasteiger partial charge in [0.05, 0.1) is 13.2 Å². The van der Waals surface area contributed by atoms with E-state index in [1.807, 2.05) is 0 Å². The second kappa shape index (κ2) is 16.5. The second-order valence-corrected chi connectivity index (χ2v) is 7.70. The fourth-order valence-corrected chi connectivity index (χ4v) is 3.60. The molecule has 5 nitrogen and oxygen atoms in total. The van der Waals surface area contributed by atoms with Gasteiger partial charge in [-0.1, -0.05) is 69.9 Å². The van der Waals surface area contributed by atoms with Gasteiger partial charge in [-0.15, -0.1) is 0 Å². The van der Waals surface area contributed by atoms with Crippen LogP contribution in [0.5, 0.6) is 0 Å². The first-order valence-corrected chi connectivity index (χ1v) is 11.0. The summed E-state index contributed by atoms with van der Waals surface area (Å²) in [5.41, 5.74) is 0. The molecule has 0 aromatic carbocycles. The fraction of sp³-hybridized carbons (Fsp3) is 0.909. The minimum atomic E-state index is -1.000. The monoisotopic (exact) mass is 386 g/mol. The Kier molecular flexibility index (Phi) is 15.0. The van der Waals surface area contributed by atoms with Crippen LogP contribution in [0.4, 0.5) is 0 Å². The number of allylic oxidation sites excluding steroid dienone is 2. The zero-order valence-corrected chi connectivity index (χ0v) is 17.2. The van der Waals surface area contributed by atoms with Gasteiger partial charge in [0.1, 0.15) is 24.4 Å². The molecule has 1 aliphatic rings. The smallest absolute Gasteiger partial charge is 0.114 e. The van der Waals surface area contributed by atoms with Crippen LogP contribution in [0.1, 0.15) is 84.0 Å². The molecule has 1 rings (SSSR count). The van der Waals surface area contributed by atoms with Crippen LogP contribution < -0.4 is 0 Å². The number of aliphatic hydroxyl groups excluding tert-OH is 3. The first-order valence-electron chi connectivity index (χ1n) is 11.0. The van der Waals surface area contributed by atoms with E-state index in [0.717, 1.165) is 12.8 Å². The maximum atomic E-state index is 9.87. The number of ether oxygens (including phenoxy) is 2. The fourth-order valence-electron chi connectivity index (χ4n) is 3.60. The van der Waals surface area contributed by atoms with Crippen LogP contribution in [-0.4, -0.2) is 59.6 Å². The molecule has 1 aliphatic heterocycles. The Labute approximate surface area is 165 Å². The highest BCUT2D eigenvalue weighted by atomic mass is 16.6. The van der Waals surface area contributed by atoms with E-state index < -0.39 is 24.4 Å². The third-order valence-electron chi connectivity index (χ3n) is 5.29. The quantitative estimate of drug-likeness (QED) is 0.262. The summed E-state index contributed by atoms with van der Waals surface area (Å²) in [6.07, 6.45) is 16.8. The van der Waals surface area contributed by atoms with Crippen molar-refractivity contribution in [1.29, 1.82) is 0 Å². The molecule has 1 fully saturated rings. The molecule has 4 atom stereocenters. The molecule has 0 aromatic rings. The van der Waals surface area contributed by atoms with Crippen molar-refractivity contribution >= 4 is 0 Å². The van der Waals surface area contributed by atoms with Gasteiger partial charge in [-0.3, -0.25) is 0 Å². The van der Waals surface area contributed by atoms with Crippen molar-refractivity contribution in [2.45, 2.75) is 108 Å². The SMILES string of the molecule is C/C=C/CCCCCCCCCCCCCO[C@@H]1[C@H]([C@H](O)CO)OC[C@@H]1O. The van der Waals surface area contributed by atoms with Crippen LogP contribution in [0, 0.1) is 0 Å². The predicted molar refractivity (Wildman–Crippen MR) is 109 cm³/mol. The Bertz CT molecular complexity index is 361. The maximum absolute atomic E-state index is 9.87. The summed E-state index contributed by atoms with van der Waals surface area (Å²) in [7, 11) is 0. The van der Waals surface area contributed by atoms with E-state index in [4.69, 9.17) is 14.6 Å². The standard InChI is InChI=1S/C22H42O5/c1-2-3-4-5-6-7-8-9-10-11-12-13-14-15-16-26-22-20(25)18-27-21(22)19(24)17-23/h2-3,19-25H,4-18H2,1H3/b3-2+/t19-,20+,21+,22+/m1/s1. The highest BCUT2D eigenvalue weighted by Crippen LogP contribution is 2.21. The van der Waals surface area contributed by atoms with E-state index in [-0.39, 0.29) is 13.2 Å². The Morgan fingerprint density at radius 3 is 2.07 bits per heavy atom. The molecule has 0 aliphatic carbocycles. The number of hydrogen-bond acceptors (Lipinski definition) is 5. The lowest BCUT2D eigenvalue weighted by molar-refractivity contribution is -0.0938. The third kappa shape index (κ3) is 11.2. The first-order chi connectivity index (χ1) is 13.2. The van der Waals surface area contributed by atoms with Gasteiger partial charge in [-0.2, -0.15) is 0 Å². The first kappa shape index (κ1) is 24.6. The van der Waals surface area contributed by atoms with Crippen molar-refractivity contribution in [2.75, 3.05) is 19.8 Å². The topological polar surface area (TPSA) is 79.2 Å². The van der Waals surface area contributed by atoms with Gasteiger partial charge in [-0.05, 0) is 26.2 Å². The van der Waals surface area contributed by atoms with Gasteiger partial charge in [-0.25, -0.2) is 0 Å². The van der Waals surface area contributed by atoms with E-state index in [0.29, 0.717) is 6.61 Å². The average Bonchev–Trinajstić information content (AvgIpc) is 3.04. The van der Waals surface area contributed by atoms with Crippen molar-refractivity contribution in [3.05, 3.63) is 12.2 Å². The number of aliphatic hydroxyl groups is 3. The van der Waals surface area contributed by atoms with Crippen LogP contribution in [0.25, 0.3) is 0 Å². The van der Waals surface area contributed by atoms with Crippen LogP contribution in [0.15, 0.2) is 12.2 Å².